The third-order valence-corrected chi connectivity index (χ3v) is 4.90. The van der Waals surface area contributed by atoms with Gasteiger partial charge in [-0.3, -0.25) is 14.5 Å². The summed E-state index contributed by atoms with van der Waals surface area (Å²) >= 11 is 6.01. The van der Waals surface area contributed by atoms with Gasteiger partial charge >= 0.3 is 0 Å². The molecule has 1 heterocycles. The maximum absolute atomic E-state index is 12.4. The molecule has 3 rings (SSSR count). The van der Waals surface area contributed by atoms with E-state index < -0.39 is 11.5 Å². The number of para-hydroxylation sites is 1. The first-order valence-corrected chi connectivity index (χ1v) is 9.10. The topological polar surface area (TPSA) is 95.7 Å². The summed E-state index contributed by atoms with van der Waals surface area (Å²) in [4.78, 5) is 25.7. The van der Waals surface area contributed by atoms with Crippen LogP contribution in [0.25, 0.3) is 0 Å². The number of hydrogen-bond acceptors (Lipinski definition) is 4. The molecular formula is C20H22ClN3O3. The SMILES string of the molecule is NC(=O)c1ccccc1NC(=O)CN1CCC(O)(Cc2cccc(Cl)c2)C1. The number of carbonyl (C=O) groups is 2. The number of primary amides is 1. The Bertz CT molecular complexity index is 858. The second-order valence-electron chi connectivity index (χ2n) is 6.95. The van der Waals surface area contributed by atoms with Crippen molar-refractivity contribution in [3.8, 4) is 0 Å². The molecule has 7 heteroatoms. The van der Waals surface area contributed by atoms with E-state index in [0.29, 0.717) is 36.6 Å². The zero-order valence-corrected chi connectivity index (χ0v) is 15.6. The van der Waals surface area contributed by atoms with Gasteiger partial charge in [0.15, 0.2) is 0 Å². The van der Waals surface area contributed by atoms with Crippen LogP contribution in [-0.2, 0) is 11.2 Å². The summed E-state index contributed by atoms with van der Waals surface area (Å²) < 4.78 is 0. The van der Waals surface area contributed by atoms with Crippen molar-refractivity contribution >= 4 is 29.1 Å². The number of β-amino-alcohol motifs (C(OH)–C–C–N with tert-alkyl or cyclic N) is 1. The Balaban J connectivity index is 1.58. The molecule has 0 bridgehead atoms. The van der Waals surface area contributed by atoms with Gasteiger partial charge in [-0.05, 0) is 36.2 Å². The number of nitrogens with zero attached hydrogens (tertiary/aromatic N) is 1. The van der Waals surface area contributed by atoms with Gasteiger partial charge in [0.25, 0.3) is 5.91 Å². The minimum absolute atomic E-state index is 0.130. The Morgan fingerprint density at radius 2 is 2.00 bits per heavy atom. The fourth-order valence-corrected chi connectivity index (χ4v) is 3.66. The first-order chi connectivity index (χ1) is 12.8. The van der Waals surface area contributed by atoms with Crippen LogP contribution in [0.2, 0.25) is 5.02 Å². The number of carbonyl (C=O) groups excluding carboxylic acids is 2. The zero-order valence-electron chi connectivity index (χ0n) is 14.8. The van der Waals surface area contributed by atoms with Crippen molar-refractivity contribution in [1.82, 2.24) is 4.90 Å². The molecule has 4 N–H and O–H groups in total. The Kier molecular flexibility index (Phi) is 5.79. The van der Waals surface area contributed by atoms with Crippen molar-refractivity contribution in [2.24, 2.45) is 5.73 Å². The Morgan fingerprint density at radius 3 is 2.74 bits per heavy atom. The molecule has 0 saturated carbocycles. The van der Waals surface area contributed by atoms with Crippen LogP contribution < -0.4 is 11.1 Å². The molecule has 1 unspecified atom stereocenters. The first kappa shape index (κ1) is 19.4. The van der Waals surface area contributed by atoms with Gasteiger partial charge in [0.05, 0.1) is 23.4 Å². The summed E-state index contributed by atoms with van der Waals surface area (Å²) in [5, 5.41) is 14.2. The van der Waals surface area contributed by atoms with E-state index in [1.165, 1.54) is 0 Å². The molecule has 0 radical (unpaired) electrons. The molecule has 1 aliphatic rings. The average Bonchev–Trinajstić information content (AvgIpc) is 2.95. The average molecular weight is 388 g/mol. The molecule has 0 spiro atoms. The fraction of sp³-hybridized carbons (Fsp3) is 0.300. The minimum Gasteiger partial charge on any atom is -0.388 e. The molecule has 1 atom stereocenters. The van der Waals surface area contributed by atoms with Crippen LogP contribution >= 0.6 is 11.6 Å². The number of nitrogens with two attached hydrogens (primary N) is 1. The lowest BCUT2D eigenvalue weighted by Gasteiger charge is -2.23. The van der Waals surface area contributed by atoms with Crippen molar-refractivity contribution in [1.29, 1.82) is 0 Å². The summed E-state index contributed by atoms with van der Waals surface area (Å²) in [5.74, 6) is -0.848. The highest BCUT2D eigenvalue weighted by molar-refractivity contribution is 6.30. The highest BCUT2D eigenvalue weighted by Gasteiger charge is 2.36. The van der Waals surface area contributed by atoms with Gasteiger partial charge in [0.1, 0.15) is 0 Å². The number of anilines is 1. The molecule has 142 valence electrons. The Hall–Kier alpha value is -2.41. The van der Waals surface area contributed by atoms with Gasteiger partial charge in [-0.25, -0.2) is 0 Å². The van der Waals surface area contributed by atoms with E-state index in [0.717, 1.165) is 5.56 Å². The van der Waals surface area contributed by atoms with Crippen LogP contribution in [0.4, 0.5) is 5.69 Å². The molecule has 6 nitrogen and oxygen atoms in total. The molecule has 1 saturated heterocycles. The number of halogens is 1. The lowest BCUT2D eigenvalue weighted by atomic mass is 9.94. The van der Waals surface area contributed by atoms with E-state index >= 15 is 0 Å². The van der Waals surface area contributed by atoms with Crippen LogP contribution in [0, 0.1) is 0 Å². The number of likely N-dealkylation sites (tertiary alicyclic amines) is 1. The van der Waals surface area contributed by atoms with Gasteiger partial charge in [-0.15, -0.1) is 0 Å². The highest BCUT2D eigenvalue weighted by Crippen LogP contribution is 2.26. The predicted octanol–water partition coefficient (Wildman–Crippen LogP) is 2.06. The van der Waals surface area contributed by atoms with Gasteiger partial charge in [-0.1, -0.05) is 35.9 Å². The molecule has 0 aromatic heterocycles. The van der Waals surface area contributed by atoms with Crippen molar-refractivity contribution in [2.45, 2.75) is 18.4 Å². The number of nitrogens with one attached hydrogen (secondary N) is 1. The maximum Gasteiger partial charge on any atom is 0.250 e. The summed E-state index contributed by atoms with van der Waals surface area (Å²) in [5.41, 5.74) is 6.06. The van der Waals surface area contributed by atoms with E-state index in [-0.39, 0.29) is 18.0 Å². The van der Waals surface area contributed by atoms with E-state index in [1.54, 1.807) is 30.3 Å². The Labute approximate surface area is 162 Å². The molecule has 1 fully saturated rings. The number of aliphatic hydroxyl groups is 1. The molecule has 2 amide bonds. The predicted molar refractivity (Wildman–Crippen MR) is 105 cm³/mol. The number of amides is 2. The monoisotopic (exact) mass is 387 g/mol. The number of benzene rings is 2. The number of hydrogen-bond donors (Lipinski definition) is 3. The smallest absolute Gasteiger partial charge is 0.250 e. The molecule has 0 aliphatic carbocycles. The van der Waals surface area contributed by atoms with E-state index in [1.807, 2.05) is 23.1 Å². The molecule has 27 heavy (non-hydrogen) atoms. The van der Waals surface area contributed by atoms with Gasteiger partial charge in [0, 0.05) is 24.5 Å². The normalized spacial score (nSPS) is 19.8. The quantitative estimate of drug-likeness (QED) is 0.706. The molecule has 2 aromatic rings. The third-order valence-electron chi connectivity index (χ3n) is 4.67. The second kappa shape index (κ2) is 8.08. The van der Waals surface area contributed by atoms with Crippen molar-refractivity contribution in [2.75, 3.05) is 25.0 Å². The Morgan fingerprint density at radius 1 is 1.22 bits per heavy atom. The molecule has 2 aromatic carbocycles. The van der Waals surface area contributed by atoms with Crippen LogP contribution in [0.1, 0.15) is 22.3 Å². The van der Waals surface area contributed by atoms with Crippen LogP contribution in [-0.4, -0.2) is 47.1 Å². The summed E-state index contributed by atoms with van der Waals surface area (Å²) in [6.07, 6.45) is 1.06. The standard InChI is InChI=1S/C20H22ClN3O3/c21-15-5-3-4-14(10-15)11-20(27)8-9-24(13-20)12-18(25)23-17-7-2-1-6-16(17)19(22)26/h1-7,10,27H,8-9,11-13H2,(H2,22,26)(H,23,25). The zero-order chi connectivity index (χ0) is 19.4. The first-order valence-electron chi connectivity index (χ1n) is 8.72. The second-order valence-corrected chi connectivity index (χ2v) is 7.39. The number of rotatable bonds is 6. The van der Waals surface area contributed by atoms with Crippen LogP contribution in [0.15, 0.2) is 48.5 Å². The highest BCUT2D eigenvalue weighted by atomic mass is 35.5. The largest absolute Gasteiger partial charge is 0.388 e. The maximum atomic E-state index is 12.4. The minimum atomic E-state index is -0.893. The van der Waals surface area contributed by atoms with Crippen molar-refractivity contribution in [3.05, 3.63) is 64.7 Å². The van der Waals surface area contributed by atoms with Crippen molar-refractivity contribution in [3.63, 3.8) is 0 Å². The summed E-state index contributed by atoms with van der Waals surface area (Å²) in [6, 6.07) is 14.0. The summed E-state index contributed by atoms with van der Waals surface area (Å²) in [7, 11) is 0. The van der Waals surface area contributed by atoms with Gasteiger partial charge < -0.3 is 16.2 Å². The molecule has 1 aliphatic heterocycles. The third kappa shape index (κ3) is 5.07. The van der Waals surface area contributed by atoms with E-state index in [2.05, 4.69) is 5.32 Å². The summed E-state index contributed by atoms with van der Waals surface area (Å²) in [6.45, 7) is 1.14. The van der Waals surface area contributed by atoms with Crippen LogP contribution in [0.3, 0.4) is 0 Å². The fourth-order valence-electron chi connectivity index (χ4n) is 3.45. The van der Waals surface area contributed by atoms with E-state index in [9.17, 15) is 14.7 Å². The molecular weight excluding hydrogens is 366 g/mol. The lowest BCUT2D eigenvalue weighted by Crippen LogP contribution is -2.38. The van der Waals surface area contributed by atoms with E-state index in [4.69, 9.17) is 17.3 Å². The van der Waals surface area contributed by atoms with Crippen molar-refractivity contribution < 1.29 is 14.7 Å². The van der Waals surface area contributed by atoms with Gasteiger partial charge in [-0.2, -0.15) is 0 Å². The van der Waals surface area contributed by atoms with Crippen LogP contribution in [0.5, 0.6) is 0 Å². The van der Waals surface area contributed by atoms with Gasteiger partial charge in [0.2, 0.25) is 5.91 Å². The lowest BCUT2D eigenvalue weighted by molar-refractivity contribution is -0.117.